The van der Waals surface area contributed by atoms with Crippen LogP contribution in [0.25, 0.3) is 0 Å². The number of hydrogen-bond acceptors (Lipinski definition) is 4. The molecule has 0 atom stereocenters. The largest absolute Gasteiger partial charge is 0.346 e. The SMILES string of the molecule is CC(C)(CN)NC(=O)c1ccc(F)c(NS(C)(=O)=O)c1.Cl. The van der Waals surface area contributed by atoms with Crippen molar-refractivity contribution in [2.75, 3.05) is 17.5 Å². The van der Waals surface area contributed by atoms with Gasteiger partial charge >= 0.3 is 0 Å². The number of anilines is 1. The molecule has 0 unspecified atom stereocenters. The van der Waals surface area contributed by atoms with Gasteiger partial charge in [0.1, 0.15) is 5.82 Å². The molecule has 0 aliphatic rings. The molecule has 0 bridgehead atoms. The van der Waals surface area contributed by atoms with Crippen molar-refractivity contribution in [3.05, 3.63) is 29.6 Å². The van der Waals surface area contributed by atoms with Crippen LogP contribution in [0.2, 0.25) is 0 Å². The zero-order chi connectivity index (χ0) is 15.6. The van der Waals surface area contributed by atoms with Gasteiger partial charge in [0.2, 0.25) is 10.0 Å². The van der Waals surface area contributed by atoms with Gasteiger partial charge in [-0.1, -0.05) is 0 Å². The van der Waals surface area contributed by atoms with Crippen molar-refractivity contribution in [2.45, 2.75) is 19.4 Å². The summed E-state index contributed by atoms with van der Waals surface area (Å²) >= 11 is 0. The Morgan fingerprint density at radius 1 is 1.38 bits per heavy atom. The molecule has 1 rings (SSSR count). The standard InChI is InChI=1S/C12H18FN3O3S.ClH/c1-12(2,7-14)15-11(17)8-4-5-9(13)10(6-8)16-20(3,18)19;/h4-6,16H,7,14H2,1-3H3,(H,15,17);1H. The summed E-state index contributed by atoms with van der Waals surface area (Å²) in [6, 6.07) is 3.43. The van der Waals surface area contributed by atoms with Crippen molar-refractivity contribution in [1.82, 2.24) is 5.32 Å². The summed E-state index contributed by atoms with van der Waals surface area (Å²) in [5.41, 5.74) is 4.75. The monoisotopic (exact) mass is 339 g/mol. The average molecular weight is 340 g/mol. The summed E-state index contributed by atoms with van der Waals surface area (Å²) in [4.78, 5) is 12.0. The zero-order valence-electron chi connectivity index (χ0n) is 11.9. The van der Waals surface area contributed by atoms with Crippen LogP contribution in [0.15, 0.2) is 18.2 Å². The molecule has 21 heavy (non-hydrogen) atoms. The molecular formula is C12H19ClFN3O3S. The normalized spacial score (nSPS) is 11.5. The molecule has 120 valence electrons. The molecule has 9 heteroatoms. The van der Waals surface area contributed by atoms with Crippen molar-refractivity contribution in [1.29, 1.82) is 0 Å². The Morgan fingerprint density at radius 2 is 1.95 bits per heavy atom. The van der Waals surface area contributed by atoms with Gasteiger partial charge in [-0.05, 0) is 32.0 Å². The number of rotatable bonds is 5. The molecule has 0 aliphatic heterocycles. The second kappa shape index (κ2) is 7.06. The van der Waals surface area contributed by atoms with Crippen molar-refractivity contribution in [2.24, 2.45) is 5.73 Å². The number of carbonyl (C=O) groups is 1. The summed E-state index contributed by atoms with van der Waals surface area (Å²) in [5.74, 6) is -1.22. The van der Waals surface area contributed by atoms with E-state index < -0.39 is 27.3 Å². The highest BCUT2D eigenvalue weighted by atomic mass is 35.5. The Kier molecular flexibility index (Phi) is 6.59. The van der Waals surface area contributed by atoms with E-state index in [9.17, 15) is 17.6 Å². The van der Waals surface area contributed by atoms with Gasteiger partial charge in [0.05, 0.1) is 11.9 Å². The second-order valence-corrected chi connectivity index (χ2v) is 6.86. The fourth-order valence-corrected chi connectivity index (χ4v) is 1.93. The first-order valence-electron chi connectivity index (χ1n) is 5.84. The molecule has 0 aromatic heterocycles. The number of sulfonamides is 1. The lowest BCUT2D eigenvalue weighted by molar-refractivity contribution is 0.0915. The van der Waals surface area contributed by atoms with Crippen molar-refractivity contribution in [3.8, 4) is 0 Å². The van der Waals surface area contributed by atoms with E-state index in [0.717, 1.165) is 18.4 Å². The number of carbonyl (C=O) groups excluding carboxylic acids is 1. The fraction of sp³-hybridized carbons (Fsp3) is 0.417. The number of nitrogens with one attached hydrogen (secondary N) is 2. The van der Waals surface area contributed by atoms with E-state index in [2.05, 4.69) is 5.32 Å². The highest BCUT2D eigenvalue weighted by Crippen LogP contribution is 2.17. The Labute approximate surface area is 129 Å². The van der Waals surface area contributed by atoms with Crippen LogP contribution in [0.5, 0.6) is 0 Å². The van der Waals surface area contributed by atoms with E-state index >= 15 is 0 Å². The first-order valence-corrected chi connectivity index (χ1v) is 7.73. The van der Waals surface area contributed by atoms with E-state index in [-0.39, 0.29) is 30.2 Å². The van der Waals surface area contributed by atoms with Crippen molar-refractivity contribution >= 4 is 34.0 Å². The number of nitrogens with two attached hydrogens (primary N) is 1. The zero-order valence-corrected chi connectivity index (χ0v) is 13.6. The third-order valence-corrected chi connectivity index (χ3v) is 3.08. The fourth-order valence-electron chi connectivity index (χ4n) is 1.38. The second-order valence-electron chi connectivity index (χ2n) is 5.11. The molecule has 0 fully saturated rings. The van der Waals surface area contributed by atoms with Crippen LogP contribution in [0.1, 0.15) is 24.2 Å². The number of hydrogen-bond donors (Lipinski definition) is 3. The maximum atomic E-state index is 13.5. The minimum atomic E-state index is -3.62. The Morgan fingerprint density at radius 3 is 2.43 bits per heavy atom. The van der Waals surface area contributed by atoms with E-state index in [1.54, 1.807) is 13.8 Å². The molecule has 0 aliphatic carbocycles. The Hall–Kier alpha value is -1.38. The highest BCUT2D eigenvalue weighted by Gasteiger charge is 2.20. The van der Waals surface area contributed by atoms with Crippen LogP contribution < -0.4 is 15.8 Å². The first kappa shape index (κ1) is 19.6. The predicted octanol–water partition coefficient (Wildman–Crippen LogP) is 1.09. The summed E-state index contributed by atoms with van der Waals surface area (Å²) in [6.45, 7) is 3.71. The summed E-state index contributed by atoms with van der Waals surface area (Å²) in [6.07, 6.45) is 0.900. The highest BCUT2D eigenvalue weighted by molar-refractivity contribution is 7.92. The van der Waals surface area contributed by atoms with Crippen LogP contribution in [-0.2, 0) is 10.0 Å². The minimum absolute atomic E-state index is 0. The Balaban J connectivity index is 0.00000400. The molecular weight excluding hydrogens is 321 g/mol. The number of amides is 1. The van der Waals surface area contributed by atoms with Gasteiger partial charge in [0, 0.05) is 17.6 Å². The van der Waals surface area contributed by atoms with Gasteiger partial charge in [-0.2, -0.15) is 0 Å². The van der Waals surface area contributed by atoms with Crippen LogP contribution >= 0.6 is 12.4 Å². The smallest absolute Gasteiger partial charge is 0.251 e. The van der Waals surface area contributed by atoms with Crippen LogP contribution in [0.4, 0.5) is 10.1 Å². The van der Waals surface area contributed by atoms with Crippen LogP contribution in [0.3, 0.4) is 0 Å². The van der Waals surface area contributed by atoms with Crippen molar-refractivity contribution in [3.63, 3.8) is 0 Å². The quantitative estimate of drug-likeness (QED) is 0.747. The molecule has 0 radical (unpaired) electrons. The van der Waals surface area contributed by atoms with Crippen LogP contribution in [-0.4, -0.2) is 32.7 Å². The maximum absolute atomic E-state index is 13.5. The molecule has 0 saturated heterocycles. The molecule has 1 aromatic carbocycles. The summed E-state index contributed by atoms with van der Waals surface area (Å²) < 4.78 is 37.7. The third-order valence-electron chi connectivity index (χ3n) is 2.49. The summed E-state index contributed by atoms with van der Waals surface area (Å²) in [5, 5.41) is 2.67. The first-order chi connectivity index (χ1) is 9.04. The number of benzene rings is 1. The lowest BCUT2D eigenvalue weighted by Gasteiger charge is -2.24. The topological polar surface area (TPSA) is 101 Å². The van der Waals surface area contributed by atoms with Gasteiger partial charge in [0.15, 0.2) is 0 Å². The number of halogens is 2. The van der Waals surface area contributed by atoms with Crippen LogP contribution in [0, 0.1) is 5.82 Å². The molecule has 1 aromatic rings. The van der Waals surface area contributed by atoms with Gasteiger partial charge in [-0.25, -0.2) is 12.8 Å². The maximum Gasteiger partial charge on any atom is 0.251 e. The molecule has 4 N–H and O–H groups in total. The molecule has 0 saturated carbocycles. The van der Waals surface area contributed by atoms with Gasteiger partial charge in [-0.15, -0.1) is 12.4 Å². The Bertz CT molecular complexity index is 620. The predicted molar refractivity (Wildman–Crippen MR) is 82.7 cm³/mol. The van der Waals surface area contributed by atoms with E-state index in [1.807, 2.05) is 4.72 Å². The molecule has 0 heterocycles. The van der Waals surface area contributed by atoms with E-state index in [4.69, 9.17) is 5.73 Å². The van der Waals surface area contributed by atoms with Gasteiger partial charge in [-0.3, -0.25) is 9.52 Å². The third kappa shape index (κ3) is 6.28. The van der Waals surface area contributed by atoms with Crippen molar-refractivity contribution < 1.29 is 17.6 Å². The molecule has 1 amide bonds. The molecule has 0 spiro atoms. The van der Waals surface area contributed by atoms with E-state index in [1.165, 1.54) is 6.07 Å². The van der Waals surface area contributed by atoms with Gasteiger partial charge in [0.25, 0.3) is 5.91 Å². The van der Waals surface area contributed by atoms with E-state index in [0.29, 0.717) is 0 Å². The average Bonchev–Trinajstić information content (AvgIpc) is 2.29. The summed E-state index contributed by atoms with van der Waals surface area (Å²) in [7, 11) is -3.62. The minimum Gasteiger partial charge on any atom is -0.346 e. The molecule has 6 nitrogen and oxygen atoms in total. The van der Waals surface area contributed by atoms with Gasteiger partial charge < -0.3 is 11.1 Å². The lowest BCUT2D eigenvalue weighted by atomic mass is 10.1. The lowest BCUT2D eigenvalue weighted by Crippen LogP contribution is -2.48.